The van der Waals surface area contributed by atoms with E-state index in [0.29, 0.717) is 17.9 Å². The fourth-order valence-electron chi connectivity index (χ4n) is 3.18. The van der Waals surface area contributed by atoms with Gasteiger partial charge in [-0.25, -0.2) is 12.7 Å². The molecule has 1 aromatic rings. The quantitative estimate of drug-likeness (QED) is 0.502. The number of aliphatic hydroxyl groups excluding tert-OH is 1. The van der Waals surface area contributed by atoms with Gasteiger partial charge in [0.1, 0.15) is 0 Å². The van der Waals surface area contributed by atoms with E-state index in [1.54, 1.807) is 31.3 Å². The second-order valence-corrected chi connectivity index (χ2v) is 16.4. The van der Waals surface area contributed by atoms with E-state index >= 15 is 0 Å². The Hall–Kier alpha value is -0.993. The molecular formula is C22H37NO4SSi. The Morgan fingerprint density at radius 2 is 1.79 bits per heavy atom. The fourth-order valence-corrected chi connectivity index (χ4v) is 5.70. The molecule has 0 fully saturated rings. The molecule has 1 aliphatic carbocycles. The number of aryl methyl sites for hydroxylation is 1. The van der Waals surface area contributed by atoms with Crippen molar-refractivity contribution in [3.63, 3.8) is 0 Å². The molecule has 7 heteroatoms. The predicted octanol–water partition coefficient (Wildman–Crippen LogP) is 4.48. The molecule has 0 saturated carbocycles. The van der Waals surface area contributed by atoms with E-state index in [0.717, 1.165) is 24.0 Å². The minimum absolute atomic E-state index is 0.0797. The lowest BCUT2D eigenvalue weighted by Crippen LogP contribution is -2.48. The topological polar surface area (TPSA) is 66.8 Å². The molecule has 164 valence electrons. The molecule has 0 amide bonds. The number of sulfonamides is 1. The molecule has 0 unspecified atom stereocenters. The molecule has 2 atom stereocenters. The van der Waals surface area contributed by atoms with Crippen LogP contribution in [0.25, 0.3) is 0 Å². The van der Waals surface area contributed by atoms with Crippen LogP contribution in [0.3, 0.4) is 0 Å². The molecule has 1 N–H and O–H groups in total. The third-order valence-electron chi connectivity index (χ3n) is 6.29. The van der Waals surface area contributed by atoms with Crippen LogP contribution < -0.4 is 0 Å². The lowest BCUT2D eigenvalue weighted by atomic mass is 9.92. The molecule has 0 spiro atoms. The summed E-state index contributed by atoms with van der Waals surface area (Å²) in [5.41, 5.74) is 1.90. The largest absolute Gasteiger partial charge is 0.411 e. The average molecular weight is 440 g/mol. The smallest absolute Gasteiger partial charge is 0.242 e. The molecule has 0 aromatic heterocycles. The number of hydrogen-bond donors (Lipinski definition) is 1. The summed E-state index contributed by atoms with van der Waals surface area (Å²) >= 11 is 0. The first-order chi connectivity index (χ1) is 13.3. The van der Waals surface area contributed by atoms with Gasteiger partial charge in [-0.05, 0) is 62.0 Å². The molecule has 5 nitrogen and oxygen atoms in total. The van der Waals surface area contributed by atoms with Crippen LogP contribution in [0.4, 0.5) is 0 Å². The standard InChI is InChI=1S/C22H37NO4SSi/c1-17-11-13-19(14-12-17)28(25,26)23(5)16-15-18-9-8-10-20(21(18)24)27-29(6,7)22(2,3)4/h9,11-14,20-21,24H,8,10,15-16H2,1-7H3/t20-,21+/m0/s1. The van der Waals surface area contributed by atoms with Crippen LogP contribution in [0.1, 0.15) is 45.6 Å². The first-order valence-corrected chi connectivity index (χ1v) is 14.7. The summed E-state index contributed by atoms with van der Waals surface area (Å²) in [6.07, 6.45) is 3.31. The van der Waals surface area contributed by atoms with E-state index < -0.39 is 24.4 Å². The van der Waals surface area contributed by atoms with E-state index in [-0.39, 0.29) is 11.1 Å². The maximum absolute atomic E-state index is 12.8. The average Bonchev–Trinajstić information content (AvgIpc) is 2.61. The van der Waals surface area contributed by atoms with Gasteiger partial charge in [0.2, 0.25) is 10.0 Å². The van der Waals surface area contributed by atoms with Gasteiger partial charge < -0.3 is 9.53 Å². The van der Waals surface area contributed by atoms with Crippen molar-refractivity contribution in [3.8, 4) is 0 Å². The van der Waals surface area contributed by atoms with Gasteiger partial charge in [-0.15, -0.1) is 0 Å². The molecule has 1 aromatic carbocycles. The van der Waals surface area contributed by atoms with E-state index in [2.05, 4.69) is 33.9 Å². The fraction of sp³-hybridized carbons (Fsp3) is 0.636. The Labute approximate surface area is 178 Å². The minimum atomic E-state index is -3.54. The van der Waals surface area contributed by atoms with Crippen LogP contribution >= 0.6 is 0 Å². The normalized spacial score (nSPS) is 21.3. The zero-order chi connectivity index (χ0) is 22.0. The summed E-state index contributed by atoms with van der Waals surface area (Å²) in [4.78, 5) is 0.294. The molecule has 1 aliphatic rings. The summed E-state index contributed by atoms with van der Waals surface area (Å²) in [7, 11) is -3.92. The highest BCUT2D eigenvalue weighted by Crippen LogP contribution is 2.39. The molecule has 0 saturated heterocycles. The van der Waals surface area contributed by atoms with Gasteiger partial charge in [0.25, 0.3) is 0 Å². The van der Waals surface area contributed by atoms with Crippen molar-refractivity contribution in [3.05, 3.63) is 41.5 Å². The van der Waals surface area contributed by atoms with Gasteiger partial charge in [0, 0.05) is 13.6 Å². The second kappa shape index (κ2) is 9.02. The molecule has 29 heavy (non-hydrogen) atoms. The number of allylic oxidation sites excluding steroid dienone is 1. The zero-order valence-electron chi connectivity index (χ0n) is 18.9. The van der Waals surface area contributed by atoms with Gasteiger partial charge in [0.15, 0.2) is 8.32 Å². The van der Waals surface area contributed by atoms with Crippen molar-refractivity contribution >= 4 is 18.3 Å². The summed E-state index contributed by atoms with van der Waals surface area (Å²) in [5.74, 6) is 0. The predicted molar refractivity (Wildman–Crippen MR) is 121 cm³/mol. The summed E-state index contributed by atoms with van der Waals surface area (Å²) in [5, 5.41) is 11.0. The number of benzene rings is 1. The maximum atomic E-state index is 12.8. The summed E-state index contributed by atoms with van der Waals surface area (Å²) in [6, 6.07) is 6.88. The van der Waals surface area contributed by atoms with Crippen molar-refractivity contribution in [2.45, 2.75) is 82.2 Å². The molecule has 2 rings (SSSR count). The van der Waals surface area contributed by atoms with Gasteiger partial charge in [-0.1, -0.05) is 44.5 Å². The highest BCUT2D eigenvalue weighted by Gasteiger charge is 2.41. The van der Waals surface area contributed by atoms with Crippen LogP contribution in [-0.2, 0) is 14.4 Å². The van der Waals surface area contributed by atoms with Crippen molar-refractivity contribution < 1.29 is 18.0 Å². The Bertz CT molecular complexity index is 825. The second-order valence-electron chi connectivity index (χ2n) is 9.61. The van der Waals surface area contributed by atoms with Crippen molar-refractivity contribution in [1.82, 2.24) is 4.31 Å². The first kappa shape index (κ1) is 24.3. The van der Waals surface area contributed by atoms with Crippen LogP contribution in [0, 0.1) is 6.92 Å². The van der Waals surface area contributed by atoms with Gasteiger partial charge in [-0.2, -0.15) is 0 Å². The van der Waals surface area contributed by atoms with Crippen LogP contribution in [0.15, 0.2) is 40.8 Å². The highest BCUT2D eigenvalue weighted by molar-refractivity contribution is 7.89. The van der Waals surface area contributed by atoms with Gasteiger partial charge >= 0.3 is 0 Å². The van der Waals surface area contributed by atoms with Crippen LogP contribution in [-0.4, -0.2) is 51.9 Å². The highest BCUT2D eigenvalue weighted by atomic mass is 32.2. The Balaban J connectivity index is 2.03. The third-order valence-corrected chi connectivity index (χ3v) is 12.7. The number of aliphatic hydroxyl groups is 1. The molecular weight excluding hydrogens is 402 g/mol. The third kappa shape index (κ3) is 5.79. The Morgan fingerprint density at radius 1 is 1.21 bits per heavy atom. The molecule has 0 aliphatic heterocycles. The molecule has 0 radical (unpaired) electrons. The van der Waals surface area contributed by atoms with Crippen molar-refractivity contribution in [1.29, 1.82) is 0 Å². The molecule has 0 heterocycles. The molecule has 0 bridgehead atoms. The van der Waals surface area contributed by atoms with E-state index in [1.165, 1.54) is 4.31 Å². The Morgan fingerprint density at radius 3 is 2.34 bits per heavy atom. The first-order valence-electron chi connectivity index (χ1n) is 10.3. The van der Waals surface area contributed by atoms with Crippen LogP contribution in [0.2, 0.25) is 18.1 Å². The van der Waals surface area contributed by atoms with Gasteiger partial charge in [0.05, 0.1) is 17.1 Å². The Kier molecular flexibility index (Phi) is 7.55. The number of rotatable bonds is 7. The SMILES string of the molecule is Cc1ccc(S(=O)(=O)N(C)CCC2=CCC[C@H](O[Si](C)(C)C(C)(C)C)[C@@H]2O)cc1. The minimum Gasteiger partial charge on any atom is -0.411 e. The number of hydrogen-bond acceptors (Lipinski definition) is 4. The maximum Gasteiger partial charge on any atom is 0.242 e. The summed E-state index contributed by atoms with van der Waals surface area (Å²) < 4.78 is 33.4. The van der Waals surface area contributed by atoms with E-state index in [4.69, 9.17) is 4.43 Å². The zero-order valence-corrected chi connectivity index (χ0v) is 20.7. The van der Waals surface area contributed by atoms with Gasteiger partial charge in [-0.3, -0.25) is 0 Å². The lowest BCUT2D eigenvalue weighted by Gasteiger charge is -2.42. The van der Waals surface area contributed by atoms with E-state index in [1.807, 2.05) is 13.0 Å². The monoisotopic (exact) mass is 439 g/mol. The van der Waals surface area contributed by atoms with Crippen molar-refractivity contribution in [2.24, 2.45) is 0 Å². The van der Waals surface area contributed by atoms with E-state index in [9.17, 15) is 13.5 Å². The van der Waals surface area contributed by atoms with Crippen molar-refractivity contribution in [2.75, 3.05) is 13.6 Å². The lowest BCUT2D eigenvalue weighted by molar-refractivity contribution is 0.0370. The summed E-state index contributed by atoms with van der Waals surface area (Å²) in [6.45, 7) is 13.2. The van der Waals surface area contributed by atoms with Crippen LogP contribution in [0.5, 0.6) is 0 Å². The number of nitrogens with zero attached hydrogens (tertiary/aromatic N) is 1.